The number of fused-ring (bicyclic) bond motifs is 3. The van der Waals surface area contributed by atoms with Crippen LogP contribution in [0.2, 0.25) is 0 Å². The molecule has 12 heteroatoms. The molecular weight excluding hydrogens is 457 g/mol. The Morgan fingerprint density at radius 1 is 1.23 bits per heavy atom. The van der Waals surface area contributed by atoms with E-state index >= 15 is 0 Å². The highest BCUT2D eigenvalue weighted by Gasteiger charge is 2.17. The van der Waals surface area contributed by atoms with Gasteiger partial charge in [-0.3, -0.25) is 15.2 Å². The van der Waals surface area contributed by atoms with E-state index in [9.17, 15) is 14.3 Å². The fourth-order valence-electron chi connectivity index (χ4n) is 3.30. The average molecular weight is 479 g/mol. The number of methoxy groups -OCH3 is 1. The molecule has 0 atom stereocenters. The lowest BCUT2D eigenvalue weighted by atomic mass is 10.2. The quantitative estimate of drug-likeness (QED) is 0.232. The first-order valence-corrected chi connectivity index (χ1v) is 10.5. The van der Waals surface area contributed by atoms with Gasteiger partial charge in [-0.05, 0) is 18.2 Å². The van der Waals surface area contributed by atoms with Crippen LogP contribution >= 0.6 is 0 Å². The molecule has 11 nitrogen and oxygen atoms in total. The Bertz CT molecular complexity index is 1400. The van der Waals surface area contributed by atoms with Crippen molar-refractivity contribution in [3.8, 4) is 5.88 Å². The first-order chi connectivity index (χ1) is 17.0. The zero-order chi connectivity index (χ0) is 24.8. The SMILES string of the molecule is COC/C(O)=C/C(=N)c1nnc2c3ccccc3c(OCc3ccc(C(=O)NCCF)cn3)nn12. The predicted octanol–water partition coefficient (Wildman–Crippen LogP) is 2.41. The number of hydrogen-bond acceptors (Lipinski definition) is 9. The number of allylic oxidation sites excluding steroid dienone is 1. The second-order valence-electron chi connectivity index (χ2n) is 7.36. The molecule has 3 aromatic heterocycles. The number of amides is 1. The third-order valence-corrected chi connectivity index (χ3v) is 4.90. The molecule has 0 aliphatic carbocycles. The third-order valence-electron chi connectivity index (χ3n) is 4.90. The van der Waals surface area contributed by atoms with Crippen molar-refractivity contribution in [1.29, 1.82) is 5.41 Å². The Kier molecular flexibility index (Phi) is 7.21. The lowest BCUT2D eigenvalue weighted by Gasteiger charge is -2.10. The van der Waals surface area contributed by atoms with Gasteiger partial charge in [0.2, 0.25) is 11.7 Å². The van der Waals surface area contributed by atoms with Crippen LogP contribution in [0.25, 0.3) is 16.4 Å². The molecule has 0 aliphatic rings. The topological polar surface area (TPSA) is 148 Å². The van der Waals surface area contributed by atoms with Crippen LogP contribution < -0.4 is 10.1 Å². The Morgan fingerprint density at radius 2 is 2.03 bits per heavy atom. The van der Waals surface area contributed by atoms with Crippen molar-refractivity contribution in [2.24, 2.45) is 0 Å². The molecule has 0 saturated heterocycles. The van der Waals surface area contributed by atoms with E-state index in [-0.39, 0.29) is 42.9 Å². The van der Waals surface area contributed by atoms with Gasteiger partial charge in [0.05, 0.1) is 11.3 Å². The van der Waals surface area contributed by atoms with Gasteiger partial charge >= 0.3 is 0 Å². The number of carbonyl (C=O) groups is 1. The number of benzene rings is 1. The van der Waals surface area contributed by atoms with Crippen molar-refractivity contribution >= 4 is 28.0 Å². The number of nitrogens with zero attached hydrogens (tertiary/aromatic N) is 5. The zero-order valence-corrected chi connectivity index (χ0v) is 18.7. The number of aliphatic hydroxyl groups is 1. The fraction of sp³-hybridized carbons (Fsp3) is 0.217. The molecule has 3 heterocycles. The van der Waals surface area contributed by atoms with E-state index in [0.29, 0.717) is 27.7 Å². The highest BCUT2D eigenvalue weighted by molar-refractivity contribution is 6.05. The van der Waals surface area contributed by atoms with E-state index in [2.05, 4.69) is 25.6 Å². The number of hydrogen-bond donors (Lipinski definition) is 3. The maximum atomic E-state index is 12.2. The first-order valence-electron chi connectivity index (χ1n) is 10.5. The fourth-order valence-corrected chi connectivity index (χ4v) is 3.30. The summed E-state index contributed by atoms with van der Waals surface area (Å²) in [6.07, 6.45) is 2.60. The molecule has 0 aliphatic heterocycles. The lowest BCUT2D eigenvalue weighted by molar-refractivity contribution is 0.0950. The van der Waals surface area contributed by atoms with Crippen molar-refractivity contribution in [2.45, 2.75) is 6.61 Å². The number of carbonyl (C=O) groups excluding carboxylic acids is 1. The van der Waals surface area contributed by atoms with Crippen molar-refractivity contribution in [1.82, 2.24) is 30.1 Å². The van der Waals surface area contributed by atoms with Crippen LogP contribution in [0.1, 0.15) is 21.9 Å². The van der Waals surface area contributed by atoms with Crippen molar-refractivity contribution in [2.75, 3.05) is 26.9 Å². The minimum atomic E-state index is -0.644. The summed E-state index contributed by atoms with van der Waals surface area (Å²) in [5.41, 5.74) is 1.17. The lowest BCUT2D eigenvalue weighted by Crippen LogP contribution is -2.25. The summed E-state index contributed by atoms with van der Waals surface area (Å²) in [6, 6.07) is 10.5. The van der Waals surface area contributed by atoms with E-state index in [4.69, 9.17) is 14.9 Å². The summed E-state index contributed by atoms with van der Waals surface area (Å²) in [5.74, 6) is -0.174. The maximum Gasteiger partial charge on any atom is 0.252 e. The van der Waals surface area contributed by atoms with E-state index in [0.717, 1.165) is 0 Å². The summed E-state index contributed by atoms with van der Waals surface area (Å²) < 4.78 is 24.4. The molecule has 3 N–H and O–H groups in total. The van der Waals surface area contributed by atoms with Crippen LogP contribution in [-0.4, -0.2) is 68.5 Å². The molecule has 0 unspecified atom stereocenters. The molecule has 180 valence electrons. The van der Waals surface area contributed by atoms with Crippen molar-refractivity contribution in [3.05, 3.63) is 71.5 Å². The Hall–Kier alpha value is -4.45. The minimum Gasteiger partial charge on any atom is -0.510 e. The van der Waals surface area contributed by atoms with Gasteiger partial charge in [-0.25, -0.2) is 4.39 Å². The normalized spacial score (nSPS) is 11.7. The van der Waals surface area contributed by atoms with E-state index in [1.807, 2.05) is 24.3 Å². The number of rotatable bonds is 10. The molecule has 0 saturated carbocycles. The molecule has 35 heavy (non-hydrogen) atoms. The molecule has 0 spiro atoms. The molecule has 0 radical (unpaired) electrons. The molecule has 0 fully saturated rings. The Morgan fingerprint density at radius 3 is 2.74 bits per heavy atom. The molecule has 4 rings (SSSR count). The molecule has 4 aromatic rings. The van der Waals surface area contributed by atoms with E-state index in [1.165, 1.54) is 23.9 Å². The summed E-state index contributed by atoms with van der Waals surface area (Å²) in [5, 5.41) is 34.7. The van der Waals surface area contributed by atoms with Crippen LogP contribution in [0, 0.1) is 5.41 Å². The monoisotopic (exact) mass is 479 g/mol. The van der Waals surface area contributed by atoms with Gasteiger partial charge in [-0.15, -0.1) is 15.3 Å². The van der Waals surface area contributed by atoms with Crippen LogP contribution in [0.15, 0.2) is 54.4 Å². The second kappa shape index (κ2) is 10.7. The van der Waals surface area contributed by atoms with Gasteiger partial charge in [0, 0.05) is 36.7 Å². The number of alkyl halides is 1. The third kappa shape index (κ3) is 5.22. The van der Waals surface area contributed by atoms with Gasteiger partial charge in [-0.1, -0.05) is 18.2 Å². The smallest absolute Gasteiger partial charge is 0.252 e. The van der Waals surface area contributed by atoms with Gasteiger partial charge in [0.15, 0.2) is 5.65 Å². The van der Waals surface area contributed by atoms with E-state index < -0.39 is 12.6 Å². The van der Waals surface area contributed by atoms with Gasteiger partial charge in [0.1, 0.15) is 31.4 Å². The van der Waals surface area contributed by atoms with Crippen LogP contribution in [0.4, 0.5) is 4.39 Å². The number of halogens is 1. The number of aromatic nitrogens is 5. The summed E-state index contributed by atoms with van der Waals surface area (Å²) in [7, 11) is 1.43. The van der Waals surface area contributed by atoms with Crippen LogP contribution in [-0.2, 0) is 11.3 Å². The number of aliphatic hydroxyl groups excluding tert-OH is 1. The number of pyridine rings is 1. The summed E-state index contributed by atoms with van der Waals surface area (Å²) in [4.78, 5) is 16.1. The second-order valence-corrected chi connectivity index (χ2v) is 7.36. The largest absolute Gasteiger partial charge is 0.510 e. The molecule has 0 bridgehead atoms. The molecule has 1 aromatic carbocycles. The van der Waals surface area contributed by atoms with Crippen molar-refractivity contribution in [3.63, 3.8) is 0 Å². The maximum absolute atomic E-state index is 12.2. The van der Waals surface area contributed by atoms with E-state index in [1.54, 1.807) is 12.1 Å². The zero-order valence-electron chi connectivity index (χ0n) is 18.7. The van der Waals surface area contributed by atoms with Crippen molar-refractivity contribution < 1.29 is 23.8 Å². The summed E-state index contributed by atoms with van der Waals surface area (Å²) in [6.45, 7) is -0.699. The minimum absolute atomic E-state index is 0.0485. The average Bonchev–Trinajstić information content (AvgIpc) is 3.30. The Labute approximate surface area is 198 Å². The first kappa shape index (κ1) is 23.7. The standard InChI is InChI=1S/C23H22FN7O4/c1-34-13-16(32)10-19(25)21-29-28-20-17-4-2-3-5-18(17)23(30-31(20)21)35-12-15-7-6-14(11-27-15)22(33)26-9-8-24/h2-7,10-11,25,32H,8-9,12-13H2,1H3,(H,26,33)/b16-10-,25-19?. The van der Waals surface area contributed by atoms with Gasteiger partial charge in [-0.2, -0.15) is 4.52 Å². The van der Waals surface area contributed by atoms with Crippen LogP contribution in [0.3, 0.4) is 0 Å². The number of nitrogens with one attached hydrogen (secondary N) is 2. The highest BCUT2D eigenvalue weighted by atomic mass is 19.1. The predicted molar refractivity (Wildman–Crippen MR) is 125 cm³/mol. The number of ether oxygens (including phenoxy) is 2. The van der Waals surface area contributed by atoms with Crippen LogP contribution in [0.5, 0.6) is 5.88 Å². The summed E-state index contributed by atoms with van der Waals surface area (Å²) >= 11 is 0. The van der Waals surface area contributed by atoms with Gasteiger partial charge in [0.25, 0.3) is 5.91 Å². The molecule has 1 amide bonds. The highest BCUT2D eigenvalue weighted by Crippen LogP contribution is 2.27. The molecular formula is C23H22FN7O4. The van der Waals surface area contributed by atoms with Gasteiger partial charge < -0.3 is 19.9 Å². The Balaban J connectivity index is 1.62.